The number of esters is 1. The lowest BCUT2D eigenvalue weighted by Gasteiger charge is -2.59. The Hall–Kier alpha value is -2.11. The number of ketones is 1. The third kappa shape index (κ3) is 2.66. The van der Waals surface area contributed by atoms with E-state index in [0.29, 0.717) is 36.2 Å². The Labute approximate surface area is 184 Å². The molecule has 31 heavy (non-hydrogen) atoms. The minimum atomic E-state index is -1.18. The van der Waals surface area contributed by atoms with Crippen LogP contribution in [0.3, 0.4) is 0 Å². The molecule has 1 saturated carbocycles. The van der Waals surface area contributed by atoms with E-state index in [9.17, 15) is 19.5 Å². The molecule has 4 rings (SSSR count). The number of carboxylic acids is 1. The van der Waals surface area contributed by atoms with Gasteiger partial charge in [0.05, 0.1) is 5.41 Å². The molecule has 1 spiro atoms. The number of aliphatic carboxylic acids is 1. The van der Waals surface area contributed by atoms with Gasteiger partial charge in [0.2, 0.25) is 0 Å². The van der Waals surface area contributed by atoms with Crippen LogP contribution in [-0.4, -0.2) is 34.0 Å². The zero-order chi connectivity index (χ0) is 23.1. The molecule has 2 heterocycles. The van der Waals surface area contributed by atoms with Crippen molar-refractivity contribution < 1.29 is 29.0 Å². The van der Waals surface area contributed by atoms with Crippen LogP contribution in [0.15, 0.2) is 22.5 Å². The van der Waals surface area contributed by atoms with Crippen LogP contribution in [0.2, 0.25) is 0 Å². The first-order chi connectivity index (χ1) is 14.2. The molecule has 0 aromatic carbocycles. The number of ether oxygens (including phenoxy) is 2. The normalized spacial score (nSPS) is 42.0. The van der Waals surface area contributed by atoms with Gasteiger partial charge in [-0.1, -0.05) is 13.8 Å². The highest BCUT2D eigenvalue weighted by Crippen LogP contribution is 2.69. The smallest absolute Gasteiger partial charge is 0.339 e. The number of allylic oxidation sites excluding steroid dienone is 2. The van der Waals surface area contributed by atoms with Crippen LogP contribution >= 0.6 is 0 Å². The number of hydrogen-bond donors (Lipinski definition) is 1. The third-order valence-electron chi connectivity index (χ3n) is 9.21. The number of carbonyl (C=O) groups excluding carboxylic acids is 2. The number of carbonyl (C=O) groups is 3. The maximum absolute atomic E-state index is 12.9. The van der Waals surface area contributed by atoms with Gasteiger partial charge in [0.15, 0.2) is 5.78 Å². The molecule has 4 aliphatic rings. The van der Waals surface area contributed by atoms with Crippen molar-refractivity contribution >= 4 is 17.7 Å². The van der Waals surface area contributed by atoms with Crippen molar-refractivity contribution in [2.45, 2.75) is 91.8 Å². The maximum Gasteiger partial charge on any atom is 0.339 e. The first-order valence-electron chi connectivity index (χ1n) is 11.3. The highest BCUT2D eigenvalue weighted by molar-refractivity contribution is 6.25. The standard InChI is InChI=1S/C25H34O6/c1-13-8-9-16-22(4,5)30-17(26)10-11-24(16,7)25(13)12-23(6)15(3)18(21(28)29)19(27)14(2)20(23)31-25/h13,16H,8-12H2,1-7H3,(H,28,29)/t13-,16-,23+,24-,25-/m0/s1. The predicted octanol–water partition coefficient (Wildman–Crippen LogP) is 4.58. The van der Waals surface area contributed by atoms with Crippen molar-refractivity contribution in [3.05, 3.63) is 22.5 Å². The van der Waals surface area contributed by atoms with E-state index in [0.717, 1.165) is 12.8 Å². The summed E-state index contributed by atoms with van der Waals surface area (Å²) < 4.78 is 12.8. The van der Waals surface area contributed by atoms with Crippen LogP contribution in [0.5, 0.6) is 0 Å². The largest absolute Gasteiger partial charge is 0.489 e. The van der Waals surface area contributed by atoms with Gasteiger partial charge in [-0.2, -0.15) is 0 Å². The molecule has 0 bridgehead atoms. The van der Waals surface area contributed by atoms with Crippen LogP contribution in [0, 0.1) is 22.7 Å². The molecule has 0 aromatic heterocycles. The van der Waals surface area contributed by atoms with Gasteiger partial charge in [-0.05, 0) is 65.4 Å². The lowest BCUT2D eigenvalue weighted by Crippen LogP contribution is -2.61. The van der Waals surface area contributed by atoms with Crippen LogP contribution in [-0.2, 0) is 23.9 Å². The molecule has 1 N–H and O–H groups in total. The van der Waals surface area contributed by atoms with E-state index in [2.05, 4.69) is 13.8 Å². The highest BCUT2D eigenvalue weighted by atomic mass is 16.6. The molecule has 2 saturated heterocycles. The second-order valence-corrected chi connectivity index (χ2v) is 11.1. The molecule has 170 valence electrons. The summed E-state index contributed by atoms with van der Waals surface area (Å²) in [6.45, 7) is 13.8. The monoisotopic (exact) mass is 430 g/mol. The highest BCUT2D eigenvalue weighted by Gasteiger charge is 2.70. The summed E-state index contributed by atoms with van der Waals surface area (Å²) in [5.41, 5.74) is -1.42. The molecule has 2 aliphatic heterocycles. The van der Waals surface area contributed by atoms with Crippen molar-refractivity contribution in [1.82, 2.24) is 0 Å². The predicted molar refractivity (Wildman–Crippen MR) is 114 cm³/mol. The van der Waals surface area contributed by atoms with Crippen molar-refractivity contribution in [2.24, 2.45) is 22.7 Å². The number of hydrogen-bond acceptors (Lipinski definition) is 5. The minimum Gasteiger partial charge on any atom is -0.489 e. The molecule has 0 amide bonds. The molecule has 0 radical (unpaired) electrons. The SMILES string of the molecule is CC1=C2O[C@@]3(C[C@]2(C)C(C)=C(C(=O)O)C1=O)[C@@H](C)CC[C@H]1C(C)(C)OC(=O)CC[C@@]13C. The van der Waals surface area contributed by atoms with Gasteiger partial charge >= 0.3 is 11.9 Å². The van der Waals surface area contributed by atoms with E-state index in [-0.39, 0.29) is 28.8 Å². The molecule has 6 nitrogen and oxygen atoms in total. The first-order valence-corrected chi connectivity index (χ1v) is 11.3. The first kappa shape index (κ1) is 22.1. The lowest BCUT2D eigenvalue weighted by atomic mass is 9.48. The zero-order valence-corrected chi connectivity index (χ0v) is 19.7. The molecular formula is C25H34O6. The Kier molecular flexibility index (Phi) is 4.60. The molecule has 6 heteroatoms. The number of Topliss-reactive ketones (excluding diaryl/α,β-unsaturated/α-hetero) is 1. The van der Waals surface area contributed by atoms with Crippen LogP contribution < -0.4 is 0 Å². The van der Waals surface area contributed by atoms with Crippen LogP contribution in [0.4, 0.5) is 0 Å². The van der Waals surface area contributed by atoms with Gasteiger partial charge in [-0.3, -0.25) is 9.59 Å². The van der Waals surface area contributed by atoms with E-state index in [1.807, 2.05) is 20.8 Å². The third-order valence-corrected chi connectivity index (χ3v) is 9.21. The molecule has 0 unspecified atom stereocenters. The summed E-state index contributed by atoms with van der Waals surface area (Å²) in [6, 6.07) is 0. The van der Waals surface area contributed by atoms with Crippen molar-refractivity contribution in [2.75, 3.05) is 0 Å². The summed E-state index contributed by atoms with van der Waals surface area (Å²) in [5.74, 6) is -0.913. The molecular weight excluding hydrogens is 396 g/mol. The van der Waals surface area contributed by atoms with Crippen molar-refractivity contribution in [3.8, 4) is 0 Å². The molecule has 3 fully saturated rings. The van der Waals surface area contributed by atoms with Gasteiger partial charge in [-0.25, -0.2) is 4.79 Å². The quantitative estimate of drug-likeness (QED) is 0.484. The summed E-state index contributed by atoms with van der Waals surface area (Å²) in [4.78, 5) is 37.3. The lowest BCUT2D eigenvalue weighted by molar-refractivity contribution is -0.202. The average Bonchev–Trinajstić information content (AvgIpc) is 2.95. The maximum atomic E-state index is 12.9. The van der Waals surface area contributed by atoms with Gasteiger partial charge in [-0.15, -0.1) is 0 Å². The molecule has 2 aliphatic carbocycles. The minimum absolute atomic E-state index is 0.103. The van der Waals surface area contributed by atoms with Gasteiger partial charge in [0.1, 0.15) is 22.5 Å². The Bertz CT molecular complexity index is 955. The zero-order valence-electron chi connectivity index (χ0n) is 19.7. The Morgan fingerprint density at radius 1 is 1.06 bits per heavy atom. The summed E-state index contributed by atoms with van der Waals surface area (Å²) in [6.07, 6.45) is 3.44. The Morgan fingerprint density at radius 3 is 2.32 bits per heavy atom. The van der Waals surface area contributed by atoms with E-state index >= 15 is 0 Å². The molecule has 5 atom stereocenters. The number of cyclic esters (lactones) is 1. The second-order valence-electron chi connectivity index (χ2n) is 11.1. The fourth-order valence-corrected chi connectivity index (χ4v) is 7.42. The summed E-state index contributed by atoms with van der Waals surface area (Å²) >= 11 is 0. The van der Waals surface area contributed by atoms with Crippen LogP contribution in [0.25, 0.3) is 0 Å². The molecule has 0 aromatic rings. The van der Waals surface area contributed by atoms with E-state index in [1.165, 1.54) is 0 Å². The van der Waals surface area contributed by atoms with Gasteiger partial charge in [0, 0.05) is 29.7 Å². The van der Waals surface area contributed by atoms with E-state index in [4.69, 9.17) is 9.47 Å². The Morgan fingerprint density at radius 2 is 1.71 bits per heavy atom. The Balaban J connectivity index is 1.93. The summed E-state index contributed by atoms with van der Waals surface area (Å²) in [5, 5.41) is 9.76. The number of rotatable bonds is 1. The average molecular weight is 431 g/mol. The van der Waals surface area contributed by atoms with Crippen LogP contribution in [0.1, 0.15) is 80.6 Å². The van der Waals surface area contributed by atoms with Crippen molar-refractivity contribution in [3.63, 3.8) is 0 Å². The summed E-state index contributed by atoms with van der Waals surface area (Å²) in [7, 11) is 0. The van der Waals surface area contributed by atoms with Gasteiger partial charge in [0.25, 0.3) is 0 Å². The van der Waals surface area contributed by atoms with E-state index < -0.39 is 28.4 Å². The van der Waals surface area contributed by atoms with E-state index in [1.54, 1.807) is 13.8 Å². The van der Waals surface area contributed by atoms with Crippen molar-refractivity contribution in [1.29, 1.82) is 0 Å². The fourth-order valence-electron chi connectivity index (χ4n) is 7.42. The number of fused-ring (bicyclic) bond motifs is 3. The fraction of sp³-hybridized carbons (Fsp3) is 0.720. The second kappa shape index (κ2) is 6.46. The van der Waals surface area contributed by atoms with Gasteiger partial charge < -0.3 is 14.6 Å². The number of carboxylic acid groups (broad SMARTS) is 1. The topological polar surface area (TPSA) is 89.9 Å².